The second-order valence-electron chi connectivity index (χ2n) is 5.58. The van der Waals surface area contributed by atoms with E-state index in [2.05, 4.69) is 22.1 Å². The SMILES string of the molecule is CCOc1ccc2[nH]c(-c3ccccn3)c(CCCCN)c2c1. The molecule has 4 heteroatoms. The molecule has 120 valence electrons. The van der Waals surface area contributed by atoms with Crippen molar-refractivity contribution < 1.29 is 4.74 Å². The topological polar surface area (TPSA) is 63.9 Å². The second kappa shape index (κ2) is 7.29. The Kier molecular flexibility index (Phi) is 4.93. The highest BCUT2D eigenvalue weighted by Crippen LogP contribution is 2.32. The summed E-state index contributed by atoms with van der Waals surface area (Å²) in [4.78, 5) is 8.03. The van der Waals surface area contributed by atoms with Gasteiger partial charge in [0.05, 0.1) is 18.0 Å². The summed E-state index contributed by atoms with van der Waals surface area (Å²) in [5, 5.41) is 1.22. The van der Waals surface area contributed by atoms with Crippen LogP contribution in [0.3, 0.4) is 0 Å². The van der Waals surface area contributed by atoms with E-state index < -0.39 is 0 Å². The van der Waals surface area contributed by atoms with Gasteiger partial charge in [0.15, 0.2) is 0 Å². The number of nitrogens with two attached hydrogens (primary N) is 1. The molecule has 3 aromatic rings. The molecule has 4 nitrogen and oxygen atoms in total. The lowest BCUT2D eigenvalue weighted by atomic mass is 10.0. The Morgan fingerprint density at radius 2 is 2.09 bits per heavy atom. The fourth-order valence-corrected chi connectivity index (χ4v) is 2.92. The number of aryl methyl sites for hydroxylation is 1. The van der Waals surface area contributed by atoms with Crippen LogP contribution in [0.2, 0.25) is 0 Å². The number of H-pyrrole nitrogens is 1. The van der Waals surface area contributed by atoms with Crippen LogP contribution in [0, 0.1) is 0 Å². The van der Waals surface area contributed by atoms with E-state index in [4.69, 9.17) is 10.5 Å². The molecule has 23 heavy (non-hydrogen) atoms. The third-order valence-electron chi connectivity index (χ3n) is 3.99. The van der Waals surface area contributed by atoms with Crippen molar-refractivity contribution in [1.29, 1.82) is 0 Å². The van der Waals surface area contributed by atoms with Crippen molar-refractivity contribution in [3.05, 3.63) is 48.2 Å². The normalized spacial score (nSPS) is 11.0. The van der Waals surface area contributed by atoms with Crippen LogP contribution < -0.4 is 10.5 Å². The third-order valence-corrected chi connectivity index (χ3v) is 3.99. The van der Waals surface area contributed by atoms with Gasteiger partial charge in [-0.05, 0) is 68.6 Å². The predicted molar refractivity (Wildman–Crippen MR) is 94.7 cm³/mol. The zero-order valence-electron chi connectivity index (χ0n) is 13.5. The maximum atomic E-state index is 5.66. The van der Waals surface area contributed by atoms with E-state index in [0.717, 1.165) is 48.5 Å². The zero-order chi connectivity index (χ0) is 16.1. The standard InChI is InChI=1S/C19H23N3O/c1-2-23-14-9-10-17-16(13-14)15(7-3-5-11-20)19(22-17)18-8-4-6-12-21-18/h4,6,8-10,12-13,22H,2-3,5,7,11,20H2,1H3. The molecule has 0 saturated heterocycles. The van der Waals surface area contributed by atoms with Crippen LogP contribution in [0.5, 0.6) is 5.75 Å². The van der Waals surface area contributed by atoms with E-state index in [9.17, 15) is 0 Å². The minimum Gasteiger partial charge on any atom is -0.494 e. The van der Waals surface area contributed by atoms with E-state index in [1.165, 1.54) is 10.9 Å². The number of rotatable bonds is 7. The Hall–Kier alpha value is -2.33. The molecule has 0 unspecified atom stereocenters. The Morgan fingerprint density at radius 1 is 1.17 bits per heavy atom. The molecule has 0 radical (unpaired) electrons. The summed E-state index contributed by atoms with van der Waals surface area (Å²) in [6.45, 7) is 3.40. The first kappa shape index (κ1) is 15.6. The van der Waals surface area contributed by atoms with Crippen LogP contribution in [0.1, 0.15) is 25.3 Å². The van der Waals surface area contributed by atoms with Gasteiger partial charge in [-0.2, -0.15) is 0 Å². The molecule has 3 N–H and O–H groups in total. The summed E-state index contributed by atoms with van der Waals surface area (Å²) in [6, 6.07) is 12.2. The first-order valence-electron chi connectivity index (χ1n) is 8.22. The van der Waals surface area contributed by atoms with Crippen molar-refractivity contribution in [2.24, 2.45) is 5.73 Å². The Balaban J connectivity index is 2.08. The number of benzene rings is 1. The van der Waals surface area contributed by atoms with Gasteiger partial charge in [-0.15, -0.1) is 0 Å². The Morgan fingerprint density at radius 3 is 2.83 bits per heavy atom. The average molecular weight is 309 g/mol. The number of nitrogens with zero attached hydrogens (tertiary/aromatic N) is 1. The number of ether oxygens (including phenoxy) is 1. The summed E-state index contributed by atoms with van der Waals surface area (Å²) >= 11 is 0. The molecule has 2 heterocycles. The molecule has 1 aromatic carbocycles. The highest BCUT2D eigenvalue weighted by atomic mass is 16.5. The van der Waals surface area contributed by atoms with Crippen LogP contribution >= 0.6 is 0 Å². The van der Waals surface area contributed by atoms with Gasteiger partial charge >= 0.3 is 0 Å². The predicted octanol–water partition coefficient (Wildman–Crippen LogP) is 3.91. The number of unbranched alkanes of at least 4 members (excludes halogenated alkanes) is 1. The van der Waals surface area contributed by atoms with E-state index in [-0.39, 0.29) is 0 Å². The molecule has 0 spiro atoms. The van der Waals surface area contributed by atoms with E-state index >= 15 is 0 Å². The maximum Gasteiger partial charge on any atom is 0.120 e. The number of nitrogens with one attached hydrogen (secondary N) is 1. The van der Waals surface area contributed by atoms with Crippen molar-refractivity contribution in [3.8, 4) is 17.1 Å². The first-order valence-corrected chi connectivity index (χ1v) is 8.22. The van der Waals surface area contributed by atoms with E-state index in [1.807, 2.05) is 37.4 Å². The highest BCUT2D eigenvalue weighted by Gasteiger charge is 2.14. The summed E-state index contributed by atoms with van der Waals surface area (Å²) in [7, 11) is 0. The highest BCUT2D eigenvalue weighted by molar-refractivity contribution is 5.91. The maximum absolute atomic E-state index is 5.66. The monoisotopic (exact) mass is 309 g/mol. The first-order chi connectivity index (χ1) is 11.3. The largest absolute Gasteiger partial charge is 0.494 e. The summed E-state index contributed by atoms with van der Waals surface area (Å²) in [5.74, 6) is 0.909. The van der Waals surface area contributed by atoms with Crippen LogP contribution in [0.4, 0.5) is 0 Å². The average Bonchev–Trinajstić information content (AvgIpc) is 2.94. The molecule has 2 aromatic heterocycles. The molecule has 0 saturated carbocycles. The van der Waals surface area contributed by atoms with Gasteiger partial charge in [-0.3, -0.25) is 4.98 Å². The molecule has 0 aliphatic heterocycles. The van der Waals surface area contributed by atoms with Crippen molar-refractivity contribution in [2.45, 2.75) is 26.2 Å². The van der Waals surface area contributed by atoms with E-state index in [1.54, 1.807) is 0 Å². The molecular formula is C19H23N3O. The Bertz CT molecular complexity index is 765. The van der Waals surface area contributed by atoms with Crippen molar-refractivity contribution in [3.63, 3.8) is 0 Å². The van der Waals surface area contributed by atoms with Crippen molar-refractivity contribution in [2.75, 3.05) is 13.2 Å². The summed E-state index contributed by atoms with van der Waals surface area (Å²) in [5.41, 5.74) is 10.2. The number of pyridine rings is 1. The molecular weight excluding hydrogens is 286 g/mol. The number of fused-ring (bicyclic) bond motifs is 1. The molecule has 3 rings (SSSR count). The van der Waals surface area contributed by atoms with Crippen LogP contribution in [0.25, 0.3) is 22.3 Å². The molecule has 0 bridgehead atoms. The van der Waals surface area contributed by atoms with Crippen molar-refractivity contribution in [1.82, 2.24) is 9.97 Å². The lowest BCUT2D eigenvalue weighted by Gasteiger charge is -2.06. The molecule has 0 aliphatic carbocycles. The molecule has 0 amide bonds. The number of hydrogen-bond acceptors (Lipinski definition) is 3. The van der Waals surface area contributed by atoms with Gasteiger partial charge in [0.1, 0.15) is 5.75 Å². The quantitative estimate of drug-likeness (QED) is 0.650. The smallest absolute Gasteiger partial charge is 0.120 e. The minimum atomic E-state index is 0.672. The summed E-state index contributed by atoms with van der Waals surface area (Å²) < 4.78 is 5.66. The van der Waals surface area contributed by atoms with Gasteiger partial charge in [0.25, 0.3) is 0 Å². The van der Waals surface area contributed by atoms with Crippen LogP contribution in [-0.4, -0.2) is 23.1 Å². The number of aromatic nitrogens is 2. The Labute approximate surface area is 136 Å². The van der Waals surface area contributed by atoms with Gasteiger partial charge in [0, 0.05) is 17.1 Å². The molecule has 0 fully saturated rings. The van der Waals surface area contributed by atoms with Gasteiger partial charge in [0.2, 0.25) is 0 Å². The molecule has 0 atom stereocenters. The second-order valence-corrected chi connectivity index (χ2v) is 5.58. The summed E-state index contributed by atoms with van der Waals surface area (Å²) in [6.07, 6.45) is 4.91. The third kappa shape index (κ3) is 3.37. The fraction of sp³-hybridized carbons (Fsp3) is 0.316. The lowest BCUT2D eigenvalue weighted by molar-refractivity contribution is 0.340. The van der Waals surface area contributed by atoms with Crippen molar-refractivity contribution >= 4 is 10.9 Å². The van der Waals surface area contributed by atoms with Gasteiger partial charge < -0.3 is 15.5 Å². The molecule has 0 aliphatic rings. The van der Waals surface area contributed by atoms with Crippen LogP contribution in [0.15, 0.2) is 42.6 Å². The van der Waals surface area contributed by atoms with Crippen LogP contribution in [-0.2, 0) is 6.42 Å². The van der Waals surface area contributed by atoms with Gasteiger partial charge in [-0.1, -0.05) is 6.07 Å². The number of hydrogen-bond donors (Lipinski definition) is 2. The van der Waals surface area contributed by atoms with Gasteiger partial charge in [-0.25, -0.2) is 0 Å². The van der Waals surface area contributed by atoms with E-state index in [0.29, 0.717) is 6.61 Å². The minimum absolute atomic E-state index is 0.672. The lowest BCUT2D eigenvalue weighted by Crippen LogP contribution is -1.99. The fourth-order valence-electron chi connectivity index (χ4n) is 2.92. The number of aromatic amines is 1. The zero-order valence-corrected chi connectivity index (χ0v) is 13.5.